The molecule has 2 aliphatic rings. The molecule has 0 aliphatic carbocycles. The lowest BCUT2D eigenvalue weighted by atomic mass is 9.98. The van der Waals surface area contributed by atoms with Crippen molar-refractivity contribution >= 4 is 24.0 Å². The van der Waals surface area contributed by atoms with Gasteiger partial charge in [0.05, 0.1) is 6.54 Å². The van der Waals surface area contributed by atoms with Gasteiger partial charge in [-0.05, 0) is 51.8 Å². The molecule has 5 heteroatoms. The third kappa shape index (κ3) is 4.22. The van der Waals surface area contributed by atoms with Gasteiger partial charge in [0.2, 0.25) is 5.91 Å². The van der Waals surface area contributed by atoms with Gasteiger partial charge in [-0.1, -0.05) is 17.7 Å². The molecule has 22 heavy (non-hydrogen) atoms. The number of fused-ring (bicyclic) bond motifs is 2. The van der Waals surface area contributed by atoms with Gasteiger partial charge in [-0.3, -0.25) is 9.69 Å². The third-order valence-electron chi connectivity index (χ3n) is 4.80. The fourth-order valence-electron chi connectivity index (χ4n) is 3.58. The van der Waals surface area contributed by atoms with Gasteiger partial charge in [0.15, 0.2) is 0 Å². The number of carbonyl (C=O) groups excluding carboxylic acids is 1. The summed E-state index contributed by atoms with van der Waals surface area (Å²) in [7, 11) is 2.07. The van der Waals surface area contributed by atoms with E-state index in [1.54, 1.807) is 0 Å². The average Bonchev–Trinajstić information content (AvgIpc) is 2.80. The maximum absolute atomic E-state index is 12.2. The molecule has 1 aromatic rings. The van der Waals surface area contributed by atoms with Crippen LogP contribution in [0.25, 0.3) is 0 Å². The molecule has 0 spiro atoms. The van der Waals surface area contributed by atoms with Crippen LogP contribution in [-0.4, -0.2) is 42.5 Å². The SMILES string of the molecule is Cc1ccc(NC(=O)CN(C)C2CC3CCC(C2)N3)cc1.Cl. The first-order valence-corrected chi connectivity index (χ1v) is 7.93. The topological polar surface area (TPSA) is 44.4 Å². The van der Waals surface area contributed by atoms with Crippen LogP contribution in [0.1, 0.15) is 31.2 Å². The quantitative estimate of drug-likeness (QED) is 0.895. The first kappa shape index (κ1) is 17.3. The Morgan fingerprint density at radius 1 is 1.23 bits per heavy atom. The molecule has 1 aromatic carbocycles. The van der Waals surface area contributed by atoms with Crippen LogP contribution in [0.5, 0.6) is 0 Å². The van der Waals surface area contributed by atoms with Gasteiger partial charge < -0.3 is 10.6 Å². The number of nitrogens with zero attached hydrogens (tertiary/aromatic N) is 1. The first-order valence-electron chi connectivity index (χ1n) is 7.93. The molecular weight excluding hydrogens is 298 g/mol. The summed E-state index contributed by atoms with van der Waals surface area (Å²) in [6.07, 6.45) is 4.94. The van der Waals surface area contributed by atoms with Gasteiger partial charge in [0.1, 0.15) is 0 Å². The minimum Gasteiger partial charge on any atom is -0.325 e. The third-order valence-corrected chi connectivity index (χ3v) is 4.80. The van der Waals surface area contributed by atoms with Gasteiger partial charge in [0.25, 0.3) is 0 Å². The molecule has 2 fully saturated rings. The van der Waals surface area contributed by atoms with Crippen molar-refractivity contribution in [3.8, 4) is 0 Å². The van der Waals surface area contributed by atoms with Crippen LogP contribution in [0.2, 0.25) is 0 Å². The normalized spacial score (nSPS) is 26.6. The van der Waals surface area contributed by atoms with E-state index in [-0.39, 0.29) is 18.3 Å². The van der Waals surface area contributed by atoms with Crippen molar-refractivity contribution in [2.75, 3.05) is 18.9 Å². The zero-order chi connectivity index (χ0) is 14.8. The number of anilines is 1. The standard InChI is InChI=1S/C17H25N3O.ClH/c1-12-3-5-13(6-4-12)19-17(21)11-20(2)16-9-14-7-8-15(10-16)18-14;/h3-6,14-16,18H,7-11H2,1-2H3,(H,19,21);1H. The summed E-state index contributed by atoms with van der Waals surface area (Å²) in [5.74, 6) is 0.0761. The lowest BCUT2D eigenvalue weighted by molar-refractivity contribution is -0.117. The van der Waals surface area contributed by atoms with Crippen molar-refractivity contribution in [3.05, 3.63) is 29.8 Å². The summed E-state index contributed by atoms with van der Waals surface area (Å²) < 4.78 is 0. The molecular formula is C17H26ClN3O. The molecule has 4 nitrogen and oxygen atoms in total. The van der Waals surface area contributed by atoms with Gasteiger partial charge in [-0.2, -0.15) is 0 Å². The molecule has 2 heterocycles. The van der Waals surface area contributed by atoms with Gasteiger partial charge in [-0.25, -0.2) is 0 Å². The van der Waals surface area contributed by atoms with E-state index < -0.39 is 0 Å². The lowest BCUT2D eigenvalue weighted by Gasteiger charge is -2.35. The molecule has 0 aromatic heterocycles. The Morgan fingerprint density at radius 3 is 2.41 bits per heavy atom. The predicted octanol–water partition coefficient (Wildman–Crippen LogP) is 2.57. The maximum Gasteiger partial charge on any atom is 0.238 e. The van der Waals surface area contributed by atoms with Crippen molar-refractivity contribution in [1.82, 2.24) is 10.2 Å². The van der Waals surface area contributed by atoms with Crippen molar-refractivity contribution in [2.24, 2.45) is 0 Å². The van der Waals surface area contributed by atoms with E-state index in [0.717, 1.165) is 5.69 Å². The highest BCUT2D eigenvalue weighted by molar-refractivity contribution is 5.92. The van der Waals surface area contributed by atoms with Crippen LogP contribution < -0.4 is 10.6 Å². The first-order chi connectivity index (χ1) is 10.1. The molecule has 0 saturated carbocycles. The molecule has 1 amide bonds. The molecule has 3 rings (SSSR count). The second-order valence-electron chi connectivity index (χ2n) is 6.59. The lowest BCUT2D eigenvalue weighted by Crippen LogP contribution is -2.48. The van der Waals surface area contributed by atoms with Crippen molar-refractivity contribution < 1.29 is 4.79 Å². The predicted molar refractivity (Wildman–Crippen MR) is 92.7 cm³/mol. The fourth-order valence-corrected chi connectivity index (χ4v) is 3.58. The molecule has 2 aliphatic heterocycles. The van der Waals surface area contributed by atoms with E-state index in [1.807, 2.05) is 31.2 Å². The van der Waals surface area contributed by atoms with E-state index >= 15 is 0 Å². The smallest absolute Gasteiger partial charge is 0.238 e. The molecule has 0 radical (unpaired) electrons. The van der Waals surface area contributed by atoms with E-state index in [0.29, 0.717) is 24.7 Å². The Morgan fingerprint density at radius 2 is 1.82 bits per heavy atom. The Labute approximate surface area is 139 Å². The molecule has 2 N–H and O–H groups in total. The molecule has 2 bridgehead atoms. The largest absolute Gasteiger partial charge is 0.325 e. The monoisotopic (exact) mass is 323 g/mol. The second-order valence-corrected chi connectivity index (χ2v) is 6.59. The number of aryl methyl sites for hydroxylation is 1. The minimum absolute atomic E-state index is 0. The highest BCUT2D eigenvalue weighted by Crippen LogP contribution is 2.29. The van der Waals surface area contributed by atoms with Gasteiger partial charge in [-0.15, -0.1) is 12.4 Å². The summed E-state index contributed by atoms with van der Waals surface area (Å²) in [5, 5.41) is 6.63. The number of rotatable bonds is 4. The number of hydrogen-bond acceptors (Lipinski definition) is 3. The minimum atomic E-state index is 0. The number of likely N-dealkylation sites (N-methyl/N-ethyl adjacent to an activating group) is 1. The Kier molecular flexibility index (Phi) is 5.84. The zero-order valence-electron chi connectivity index (χ0n) is 13.3. The Hall–Kier alpha value is -1.10. The Bertz CT molecular complexity index is 493. The zero-order valence-corrected chi connectivity index (χ0v) is 14.2. The summed E-state index contributed by atoms with van der Waals surface area (Å²) in [5.41, 5.74) is 2.08. The number of piperidine rings is 1. The Balaban J connectivity index is 0.00000176. The van der Waals surface area contributed by atoms with E-state index in [9.17, 15) is 4.79 Å². The van der Waals surface area contributed by atoms with Gasteiger partial charge >= 0.3 is 0 Å². The van der Waals surface area contributed by atoms with Crippen molar-refractivity contribution in [3.63, 3.8) is 0 Å². The van der Waals surface area contributed by atoms with E-state index in [1.165, 1.54) is 31.2 Å². The van der Waals surface area contributed by atoms with Crippen LogP contribution in [-0.2, 0) is 4.79 Å². The molecule has 2 unspecified atom stereocenters. The summed E-state index contributed by atoms with van der Waals surface area (Å²) in [6, 6.07) is 9.81. The average molecular weight is 324 g/mol. The van der Waals surface area contributed by atoms with Crippen LogP contribution in [0.4, 0.5) is 5.69 Å². The second kappa shape index (κ2) is 7.44. The van der Waals surface area contributed by atoms with Crippen LogP contribution in [0.3, 0.4) is 0 Å². The molecule has 122 valence electrons. The fraction of sp³-hybridized carbons (Fsp3) is 0.588. The molecule has 2 atom stereocenters. The van der Waals surface area contributed by atoms with E-state index in [4.69, 9.17) is 0 Å². The number of halogens is 1. The van der Waals surface area contributed by atoms with Crippen LogP contribution in [0.15, 0.2) is 24.3 Å². The summed E-state index contributed by atoms with van der Waals surface area (Å²) in [6.45, 7) is 2.52. The summed E-state index contributed by atoms with van der Waals surface area (Å²) in [4.78, 5) is 14.4. The maximum atomic E-state index is 12.2. The highest BCUT2D eigenvalue weighted by atomic mass is 35.5. The number of nitrogens with one attached hydrogen (secondary N) is 2. The van der Waals surface area contributed by atoms with Crippen LogP contribution in [0, 0.1) is 6.92 Å². The summed E-state index contributed by atoms with van der Waals surface area (Å²) >= 11 is 0. The number of amides is 1. The number of carbonyl (C=O) groups is 1. The van der Waals surface area contributed by atoms with Crippen molar-refractivity contribution in [2.45, 2.75) is 50.7 Å². The van der Waals surface area contributed by atoms with Gasteiger partial charge in [0, 0.05) is 23.8 Å². The van der Waals surface area contributed by atoms with Crippen LogP contribution >= 0.6 is 12.4 Å². The van der Waals surface area contributed by atoms with E-state index in [2.05, 4.69) is 22.6 Å². The number of benzene rings is 1. The molecule has 2 saturated heterocycles. The number of hydrogen-bond donors (Lipinski definition) is 2. The highest BCUT2D eigenvalue weighted by Gasteiger charge is 2.35. The van der Waals surface area contributed by atoms with Crippen molar-refractivity contribution in [1.29, 1.82) is 0 Å².